The lowest BCUT2D eigenvalue weighted by Gasteiger charge is -2.03. The summed E-state index contributed by atoms with van der Waals surface area (Å²) < 4.78 is 23.4. The van der Waals surface area contributed by atoms with Gasteiger partial charge in [0.25, 0.3) is 0 Å². The van der Waals surface area contributed by atoms with Crippen LogP contribution in [-0.2, 0) is 11.4 Å². The van der Waals surface area contributed by atoms with Crippen LogP contribution >= 0.6 is 0 Å². The summed E-state index contributed by atoms with van der Waals surface area (Å²) in [5.41, 5.74) is 2.23. The lowest BCUT2D eigenvalue weighted by molar-refractivity contribution is 0.0338. The second-order valence-electron chi connectivity index (χ2n) is 3.87. The maximum atomic E-state index is 12.7. The molecular formula is C14H14FNO4. The summed E-state index contributed by atoms with van der Waals surface area (Å²) >= 11 is 0. The van der Waals surface area contributed by atoms with Gasteiger partial charge in [-0.05, 0) is 43.3 Å². The third-order valence-corrected chi connectivity index (χ3v) is 2.39. The molecule has 1 heterocycles. The Morgan fingerprint density at radius 3 is 2.70 bits per heavy atom. The molecule has 1 N–H and O–H groups in total. The summed E-state index contributed by atoms with van der Waals surface area (Å²) in [5, 5.41) is 0. The standard InChI is InChI=1S/C14H14FNO4/c1-2-19-16-14(17)13-8-7-12(20-13)9-18-11-5-3-10(15)4-6-11/h3-8H,2,9H2,1H3,(H,16,17). The van der Waals surface area contributed by atoms with Crippen LogP contribution in [0.5, 0.6) is 5.75 Å². The molecule has 0 atom stereocenters. The van der Waals surface area contributed by atoms with Gasteiger partial charge in [-0.1, -0.05) is 0 Å². The van der Waals surface area contributed by atoms with Crippen molar-refractivity contribution in [3.8, 4) is 5.75 Å². The molecule has 0 saturated carbocycles. The molecule has 1 aromatic heterocycles. The number of furan rings is 1. The van der Waals surface area contributed by atoms with Gasteiger partial charge >= 0.3 is 5.91 Å². The van der Waals surface area contributed by atoms with E-state index in [0.29, 0.717) is 18.1 Å². The Balaban J connectivity index is 1.89. The molecule has 0 fully saturated rings. The third kappa shape index (κ3) is 3.83. The minimum Gasteiger partial charge on any atom is -0.486 e. The van der Waals surface area contributed by atoms with Gasteiger partial charge in [-0.2, -0.15) is 0 Å². The van der Waals surface area contributed by atoms with Gasteiger partial charge < -0.3 is 9.15 Å². The van der Waals surface area contributed by atoms with Gasteiger partial charge in [-0.3, -0.25) is 9.63 Å². The van der Waals surface area contributed by atoms with Crippen LogP contribution in [0.1, 0.15) is 23.2 Å². The molecule has 1 amide bonds. The molecule has 0 saturated heterocycles. The Labute approximate surface area is 115 Å². The van der Waals surface area contributed by atoms with E-state index in [1.165, 1.54) is 30.3 Å². The van der Waals surface area contributed by atoms with Crippen LogP contribution in [0.2, 0.25) is 0 Å². The number of carbonyl (C=O) groups is 1. The molecule has 2 rings (SSSR count). The van der Waals surface area contributed by atoms with Crippen LogP contribution in [-0.4, -0.2) is 12.5 Å². The molecule has 0 aliphatic heterocycles. The maximum Gasteiger partial charge on any atom is 0.310 e. The van der Waals surface area contributed by atoms with Gasteiger partial charge in [0.15, 0.2) is 5.76 Å². The number of hydroxylamine groups is 1. The summed E-state index contributed by atoms with van der Waals surface area (Å²) in [5.74, 6) is 0.348. The topological polar surface area (TPSA) is 60.7 Å². The summed E-state index contributed by atoms with van der Waals surface area (Å²) in [7, 11) is 0. The minimum atomic E-state index is -0.458. The highest BCUT2D eigenvalue weighted by atomic mass is 19.1. The first-order valence-corrected chi connectivity index (χ1v) is 6.08. The molecule has 0 bridgehead atoms. The molecule has 20 heavy (non-hydrogen) atoms. The highest BCUT2D eigenvalue weighted by molar-refractivity contribution is 5.90. The Morgan fingerprint density at radius 2 is 2.00 bits per heavy atom. The van der Waals surface area contributed by atoms with Crippen molar-refractivity contribution in [2.75, 3.05) is 6.61 Å². The molecule has 0 radical (unpaired) electrons. The van der Waals surface area contributed by atoms with Crippen molar-refractivity contribution < 1.29 is 23.2 Å². The summed E-state index contributed by atoms with van der Waals surface area (Å²) in [6, 6.07) is 8.79. The quantitative estimate of drug-likeness (QED) is 0.826. The number of hydrogen-bond donors (Lipinski definition) is 1. The smallest absolute Gasteiger partial charge is 0.310 e. The van der Waals surface area contributed by atoms with Gasteiger partial charge in [-0.15, -0.1) is 0 Å². The van der Waals surface area contributed by atoms with Crippen LogP contribution in [0.15, 0.2) is 40.8 Å². The molecule has 5 nitrogen and oxygen atoms in total. The zero-order chi connectivity index (χ0) is 14.4. The number of hydrogen-bond acceptors (Lipinski definition) is 4. The fourth-order valence-corrected chi connectivity index (χ4v) is 1.45. The zero-order valence-electron chi connectivity index (χ0n) is 10.9. The lowest BCUT2D eigenvalue weighted by Crippen LogP contribution is -2.22. The molecular weight excluding hydrogens is 265 g/mol. The van der Waals surface area contributed by atoms with E-state index in [9.17, 15) is 9.18 Å². The largest absolute Gasteiger partial charge is 0.486 e. The highest BCUT2D eigenvalue weighted by Crippen LogP contribution is 2.15. The normalized spacial score (nSPS) is 10.3. The summed E-state index contributed by atoms with van der Waals surface area (Å²) in [4.78, 5) is 16.3. The zero-order valence-corrected chi connectivity index (χ0v) is 10.9. The van der Waals surface area contributed by atoms with E-state index in [2.05, 4.69) is 5.48 Å². The number of ether oxygens (including phenoxy) is 1. The van der Waals surface area contributed by atoms with E-state index in [4.69, 9.17) is 14.0 Å². The minimum absolute atomic E-state index is 0.135. The lowest BCUT2D eigenvalue weighted by atomic mass is 10.3. The highest BCUT2D eigenvalue weighted by Gasteiger charge is 2.11. The second-order valence-corrected chi connectivity index (χ2v) is 3.87. The van der Waals surface area contributed by atoms with Crippen molar-refractivity contribution in [2.24, 2.45) is 0 Å². The van der Waals surface area contributed by atoms with Crippen molar-refractivity contribution in [3.05, 3.63) is 53.7 Å². The maximum absolute atomic E-state index is 12.7. The first kappa shape index (κ1) is 14.1. The SMILES string of the molecule is CCONC(=O)c1ccc(COc2ccc(F)cc2)o1. The number of amides is 1. The Bertz CT molecular complexity index is 565. The van der Waals surface area contributed by atoms with E-state index in [1.807, 2.05) is 0 Å². The van der Waals surface area contributed by atoms with E-state index in [1.54, 1.807) is 13.0 Å². The predicted octanol–water partition coefficient (Wildman–Crippen LogP) is 2.68. The number of benzene rings is 1. The van der Waals surface area contributed by atoms with Crippen molar-refractivity contribution >= 4 is 5.91 Å². The van der Waals surface area contributed by atoms with Gasteiger partial charge in [0.2, 0.25) is 0 Å². The fourth-order valence-electron chi connectivity index (χ4n) is 1.45. The summed E-state index contributed by atoms with van der Waals surface area (Å²) in [6.45, 7) is 2.27. The van der Waals surface area contributed by atoms with E-state index < -0.39 is 5.91 Å². The molecule has 0 aliphatic rings. The molecule has 0 aliphatic carbocycles. The molecule has 6 heteroatoms. The number of rotatable bonds is 6. The van der Waals surface area contributed by atoms with Crippen molar-refractivity contribution in [1.29, 1.82) is 0 Å². The van der Waals surface area contributed by atoms with Crippen LogP contribution in [0.25, 0.3) is 0 Å². The van der Waals surface area contributed by atoms with Gasteiger partial charge in [0.1, 0.15) is 23.9 Å². The fraction of sp³-hybridized carbons (Fsp3) is 0.214. The average Bonchev–Trinajstić information content (AvgIpc) is 2.93. The third-order valence-electron chi connectivity index (χ3n) is 2.39. The monoisotopic (exact) mass is 279 g/mol. The first-order valence-electron chi connectivity index (χ1n) is 6.08. The molecule has 0 unspecified atom stereocenters. The van der Waals surface area contributed by atoms with Crippen LogP contribution < -0.4 is 10.2 Å². The number of halogens is 1. The summed E-state index contributed by atoms with van der Waals surface area (Å²) in [6.07, 6.45) is 0. The molecule has 0 spiro atoms. The Morgan fingerprint density at radius 1 is 1.25 bits per heavy atom. The van der Waals surface area contributed by atoms with Crippen molar-refractivity contribution in [1.82, 2.24) is 5.48 Å². The van der Waals surface area contributed by atoms with Crippen LogP contribution in [0, 0.1) is 5.82 Å². The predicted molar refractivity (Wildman–Crippen MR) is 68.5 cm³/mol. The molecule has 106 valence electrons. The Hall–Kier alpha value is -2.34. The molecule has 1 aromatic carbocycles. The van der Waals surface area contributed by atoms with Crippen molar-refractivity contribution in [2.45, 2.75) is 13.5 Å². The van der Waals surface area contributed by atoms with Crippen LogP contribution in [0.4, 0.5) is 4.39 Å². The van der Waals surface area contributed by atoms with Gasteiger partial charge in [0, 0.05) is 0 Å². The molecule has 2 aromatic rings. The van der Waals surface area contributed by atoms with E-state index >= 15 is 0 Å². The van der Waals surface area contributed by atoms with Gasteiger partial charge in [-0.25, -0.2) is 9.87 Å². The second kappa shape index (κ2) is 6.72. The Kier molecular flexibility index (Phi) is 4.73. The van der Waals surface area contributed by atoms with Gasteiger partial charge in [0.05, 0.1) is 6.61 Å². The first-order chi connectivity index (χ1) is 9.69. The number of nitrogens with one attached hydrogen (secondary N) is 1. The van der Waals surface area contributed by atoms with Crippen LogP contribution in [0.3, 0.4) is 0 Å². The number of carbonyl (C=O) groups excluding carboxylic acids is 1. The van der Waals surface area contributed by atoms with Crippen molar-refractivity contribution in [3.63, 3.8) is 0 Å². The van der Waals surface area contributed by atoms with E-state index in [0.717, 1.165) is 0 Å². The van der Waals surface area contributed by atoms with E-state index in [-0.39, 0.29) is 18.2 Å². The average molecular weight is 279 g/mol.